The molecule has 0 unspecified atom stereocenters. The standard InChI is InChI=1S/C17H20O4/c1-9-5-13(18)15(20)7-11(9)17(3,4)12-8-16(21)14(19)6-10(12)2/h5-8,18-21H,1-4H3. The van der Waals surface area contributed by atoms with Crippen LogP contribution in [0.25, 0.3) is 0 Å². The summed E-state index contributed by atoms with van der Waals surface area (Å²) in [5, 5.41) is 38.7. The summed E-state index contributed by atoms with van der Waals surface area (Å²) in [4.78, 5) is 0. The van der Waals surface area contributed by atoms with Gasteiger partial charge >= 0.3 is 0 Å². The highest BCUT2D eigenvalue weighted by atomic mass is 16.3. The number of aromatic hydroxyl groups is 4. The molecule has 0 aliphatic rings. The summed E-state index contributed by atoms with van der Waals surface area (Å²) in [7, 11) is 0. The number of phenols is 4. The Labute approximate surface area is 123 Å². The second kappa shape index (κ2) is 4.88. The van der Waals surface area contributed by atoms with Crippen LogP contribution in [0.2, 0.25) is 0 Å². The summed E-state index contributed by atoms with van der Waals surface area (Å²) >= 11 is 0. The van der Waals surface area contributed by atoms with Crippen LogP contribution in [0.1, 0.15) is 36.1 Å². The van der Waals surface area contributed by atoms with Gasteiger partial charge in [-0.1, -0.05) is 13.8 Å². The maximum absolute atomic E-state index is 9.76. The van der Waals surface area contributed by atoms with Gasteiger partial charge in [-0.05, 0) is 60.4 Å². The van der Waals surface area contributed by atoms with Crippen molar-refractivity contribution in [3.63, 3.8) is 0 Å². The lowest BCUT2D eigenvalue weighted by molar-refractivity contribution is 0.399. The third-order valence-corrected chi connectivity index (χ3v) is 3.99. The van der Waals surface area contributed by atoms with Crippen molar-refractivity contribution in [2.45, 2.75) is 33.1 Å². The highest BCUT2D eigenvalue weighted by molar-refractivity contribution is 5.55. The first-order chi connectivity index (χ1) is 9.64. The topological polar surface area (TPSA) is 80.9 Å². The first-order valence-electron chi connectivity index (χ1n) is 6.70. The molecule has 0 heterocycles. The number of phenolic OH excluding ortho intramolecular Hbond substituents is 4. The number of hydrogen-bond acceptors (Lipinski definition) is 4. The molecule has 4 N–H and O–H groups in total. The van der Waals surface area contributed by atoms with Crippen molar-refractivity contribution in [2.24, 2.45) is 0 Å². The fourth-order valence-corrected chi connectivity index (χ4v) is 2.85. The van der Waals surface area contributed by atoms with E-state index in [2.05, 4.69) is 0 Å². The van der Waals surface area contributed by atoms with Crippen molar-refractivity contribution in [2.75, 3.05) is 0 Å². The van der Waals surface area contributed by atoms with E-state index in [0.717, 1.165) is 22.3 Å². The van der Waals surface area contributed by atoms with Gasteiger partial charge in [0, 0.05) is 5.41 Å². The van der Waals surface area contributed by atoms with Crippen molar-refractivity contribution in [3.8, 4) is 23.0 Å². The maximum atomic E-state index is 9.76. The van der Waals surface area contributed by atoms with E-state index in [4.69, 9.17) is 0 Å². The van der Waals surface area contributed by atoms with E-state index in [1.807, 2.05) is 27.7 Å². The van der Waals surface area contributed by atoms with Crippen LogP contribution in [0.5, 0.6) is 23.0 Å². The van der Waals surface area contributed by atoms with Gasteiger partial charge in [-0.25, -0.2) is 0 Å². The molecule has 0 aliphatic heterocycles. The predicted octanol–water partition coefficient (Wildman–Crippen LogP) is 3.45. The first kappa shape index (κ1) is 15.0. The van der Waals surface area contributed by atoms with Crippen molar-refractivity contribution in [3.05, 3.63) is 46.5 Å². The van der Waals surface area contributed by atoms with Gasteiger partial charge in [0.15, 0.2) is 23.0 Å². The van der Waals surface area contributed by atoms with Crippen LogP contribution < -0.4 is 0 Å². The number of benzene rings is 2. The van der Waals surface area contributed by atoms with E-state index in [1.165, 1.54) is 24.3 Å². The van der Waals surface area contributed by atoms with E-state index < -0.39 is 5.41 Å². The van der Waals surface area contributed by atoms with Crippen LogP contribution in [0.3, 0.4) is 0 Å². The highest BCUT2D eigenvalue weighted by Gasteiger charge is 2.28. The molecule has 112 valence electrons. The molecule has 4 nitrogen and oxygen atoms in total. The van der Waals surface area contributed by atoms with Gasteiger partial charge in [-0.3, -0.25) is 0 Å². The number of aryl methyl sites for hydroxylation is 2. The molecule has 0 amide bonds. The molecule has 2 rings (SSSR count). The Morgan fingerprint density at radius 3 is 1.24 bits per heavy atom. The van der Waals surface area contributed by atoms with E-state index in [-0.39, 0.29) is 23.0 Å². The minimum atomic E-state index is -0.509. The Balaban J connectivity index is 2.67. The van der Waals surface area contributed by atoms with Crippen LogP contribution in [0.15, 0.2) is 24.3 Å². The van der Waals surface area contributed by atoms with Gasteiger partial charge in [0.1, 0.15) is 0 Å². The summed E-state index contributed by atoms with van der Waals surface area (Å²) < 4.78 is 0. The zero-order valence-electron chi connectivity index (χ0n) is 12.6. The Morgan fingerprint density at radius 2 is 0.905 bits per heavy atom. The van der Waals surface area contributed by atoms with Gasteiger partial charge in [0.25, 0.3) is 0 Å². The summed E-state index contributed by atoms with van der Waals surface area (Å²) in [5.74, 6) is -0.664. The molecule has 0 fully saturated rings. The first-order valence-corrected chi connectivity index (χ1v) is 6.70. The lowest BCUT2D eigenvalue weighted by Crippen LogP contribution is -2.21. The van der Waals surface area contributed by atoms with E-state index in [9.17, 15) is 20.4 Å². The fourth-order valence-electron chi connectivity index (χ4n) is 2.85. The van der Waals surface area contributed by atoms with Gasteiger partial charge in [0.05, 0.1) is 0 Å². The quantitative estimate of drug-likeness (QED) is 0.638. The Hall–Kier alpha value is -2.36. The second-order valence-electron chi connectivity index (χ2n) is 5.94. The van der Waals surface area contributed by atoms with Crippen molar-refractivity contribution < 1.29 is 20.4 Å². The Kier molecular flexibility index (Phi) is 3.49. The average Bonchev–Trinajstić information content (AvgIpc) is 2.37. The number of rotatable bonds is 2. The molecule has 2 aromatic carbocycles. The van der Waals surface area contributed by atoms with Crippen molar-refractivity contribution in [1.29, 1.82) is 0 Å². The van der Waals surface area contributed by atoms with Gasteiger partial charge in [-0.2, -0.15) is 0 Å². The zero-order valence-corrected chi connectivity index (χ0v) is 12.6. The average molecular weight is 288 g/mol. The van der Waals surface area contributed by atoms with Gasteiger partial charge < -0.3 is 20.4 Å². The maximum Gasteiger partial charge on any atom is 0.157 e. The molecule has 0 saturated heterocycles. The predicted molar refractivity (Wildman–Crippen MR) is 81.1 cm³/mol. The summed E-state index contributed by atoms with van der Waals surface area (Å²) in [5.41, 5.74) is 2.84. The number of hydrogen-bond donors (Lipinski definition) is 4. The van der Waals surface area contributed by atoms with Crippen LogP contribution in [0, 0.1) is 13.8 Å². The van der Waals surface area contributed by atoms with Crippen LogP contribution in [0.4, 0.5) is 0 Å². The molecule has 0 spiro atoms. The van der Waals surface area contributed by atoms with Gasteiger partial charge in [0.2, 0.25) is 0 Å². The molecule has 0 aliphatic carbocycles. The molecule has 0 radical (unpaired) electrons. The minimum Gasteiger partial charge on any atom is -0.504 e. The molecular formula is C17H20O4. The van der Waals surface area contributed by atoms with Crippen molar-refractivity contribution >= 4 is 0 Å². The smallest absolute Gasteiger partial charge is 0.157 e. The molecule has 21 heavy (non-hydrogen) atoms. The van der Waals surface area contributed by atoms with E-state index in [1.54, 1.807) is 0 Å². The molecule has 2 aromatic rings. The fraction of sp³-hybridized carbons (Fsp3) is 0.294. The minimum absolute atomic E-state index is 0.155. The molecule has 4 heteroatoms. The molecule has 0 bridgehead atoms. The zero-order chi connectivity index (χ0) is 15.9. The van der Waals surface area contributed by atoms with E-state index in [0.29, 0.717) is 0 Å². The van der Waals surface area contributed by atoms with E-state index >= 15 is 0 Å². The molecule has 0 saturated carbocycles. The van der Waals surface area contributed by atoms with Gasteiger partial charge in [-0.15, -0.1) is 0 Å². The SMILES string of the molecule is Cc1cc(O)c(O)cc1C(C)(C)c1cc(O)c(O)cc1C. The Bertz CT molecular complexity index is 643. The second-order valence-corrected chi connectivity index (χ2v) is 5.94. The van der Waals surface area contributed by atoms with Crippen molar-refractivity contribution in [1.82, 2.24) is 0 Å². The monoisotopic (exact) mass is 288 g/mol. The van der Waals surface area contributed by atoms with Crippen LogP contribution >= 0.6 is 0 Å². The largest absolute Gasteiger partial charge is 0.504 e. The third kappa shape index (κ3) is 2.49. The summed E-state index contributed by atoms with van der Waals surface area (Å²) in [6.07, 6.45) is 0. The van der Waals surface area contributed by atoms with Crippen LogP contribution in [-0.4, -0.2) is 20.4 Å². The highest BCUT2D eigenvalue weighted by Crippen LogP contribution is 2.42. The third-order valence-electron chi connectivity index (χ3n) is 3.99. The molecular weight excluding hydrogens is 268 g/mol. The lowest BCUT2D eigenvalue weighted by atomic mass is 9.74. The molecule has 0 atom stereocenters. The summed E-state index contributed by atoms with van der Waals surface area (Å²) in [6, 6.07) is 6.10. The Morgan fingerprint density at radius 1 is 0.619 bits per heavy atom. The van der Waals surface area contributed by atoms with Crippen LogP contribution in [-0.2, 0) is 5.41 Å². The lowest BCUT2D eigenvalue weighted by Gasteiger charge is -2.30. The summed E-state index contributed by atoms with van der Waals surface area (Å²) in [6.45, 7) is 7.63. The normalized spacial score (nSPS) is 11.6. The molecule has 0 aromatic heterocycles.